The largest absolute Gasteiger partial charge is 0.445 e. The number of aliphatic hydroxyl groups is 1. The van der Waals surface area contributed by atoms with Crippen LogP contribution in [0.2, 0.25) is 0 Å². The lowest BCUT2D eigenvalue weighted by atomic mass is 9.96. The highest BCUT2D eigenvalue weighted by Gasteiger charge is 2.27. The van der Waals surface area contributed by atoms with E-state index < -0.39 is 34.0 Å². The molecule has 1 heterocycles. The van der Waals surface area contributed by atoms with Gasteiger partial charge < -0.3 is 30.7 Å². The van der Waals surface area contributed by atoms with Gasteiger partial charge in [-0.1, -0.05) is 91.0 Å². The molecular formula is C42H51N5O7S. The van der Waals surface area contributed by atoms with Crippen LogP contribution in [0.5, 0.6) is 0 Å². The van der Waals surface area contributed by atoms with Crippen molar-refractivity contribution in [2.75, 3.05) is 36.7 Å². The van der Waals surface area contributed by atoms with Crippen molar-refractivity contribution in [3.05, 3.63) is 137 Å². The van der Waals surface area contributed by atoms with Crippen LogP contribution >= 0.6 is 0 Å². The summed E-state index contributed by atoms with van der Waals surface area (Å²) in [7, 11) is -3.73. The lowest BCUT2D eigenvalue weighted by molar-refractivity contribution is 0.0784. The van der Waals surface area contributed by atoms with E-state index in [1.54, 1.807) is 4.90 Å². The monoisotopic (exact) mass is 769 g/mol. The number of benzene rings is 4. The number of likely N-dealkylation sites (tertiary alicyclic amines) is 1. The Bertz CT molecular complexity index is 1960. The Hall–Kier alpha value is -5.24. The fourth-order valence-corrected chi connectivity index (χ4v) is 7.04. The minimum atomic E-state index is -3.73. The zero-order valence-corrected chi connectivity index (χ0v) is 32.1. The van der Waals surface area contributed by atoms with E-state index in [4.69, 9.17) is 4.74 Å². The first-order chi connectivity index (χ1) is 26.5. The fourth-order valence-electron chi connectivity index (χ4n) is 6.42. The van der Waals surface area contributed by atoms with Crippen LogP contribution in [0.25, 0.3) is 0 Å². The molecular weight excluding hydrogens is 719 g/mol. The summed E-state index contributed by atoms with van der Waals surface area (Å²) in [5.74, 6) is -0.970. The third-order valence-corrected chi connectivity index (χ3v) is 11.0. The van der Waals surface area contributed by atoms with Crippen molar-refractivity contribution in [2.45, 2.75) is 57.9 Å². The molecule has 4 aromatic rings. The first-order valence-corrected chi connectivity index (χ1v) is 20.4. The Labute approximate surface area is 323 Å². The number of sulfonamides is 1. The molecule has 1 fully saturated rings. The molecule has 3 unspecified atom stereocenters. The van der Waals surface area contributed by atoms with Crippen LogP contribution in [0.1, 0.15) is 70.1 Å². The Balaban J connectivity index is 1.22. The number of hydrogen-bond acceptors (Lipinski definition) is 8. The number of nitrogens with zero attached hydrogens (tertiary/aromatic N) is 1. The number of aliphatic hydroxyl groups excluding tert-OH is 1. The lowest BCUT2D eigenvalue weighted by Gasteiger charge is -2.32. The van der Waals surface area contributed by atoms with E-state index in [1.807, 2.05) is 97.9 Å². The Morgan fingerprint density at radius 1 is 0.818 bits per heavy atom. The highest BCUT2D eigenvalue weighted by Crippen LogP contribution is 2.21. The number of hydrogen-bond donors (Lipinski definition) is 5. The minimum Gasteiger partial charge on any atom is -0.445 e. The van der Waals surface area contributed by atoms with E-state index in [-0.39, 0.29) is 53.8 Å². The molecule has 0 aliphatic carbocycles. The van der Waals surface area contributed by atoms with Gasteiger partial charge in [-0.15, -0.1) is 0 Å². The average molecular weight is 770 g/mol. The standard InChI is InChI=1S/C42H51N5O7S/c1-3-55(52,53)46-37-25-35(40(49)44-30(2)34-17-11-6-12-18-34)24-36(26-37)41(50)45-38(23-31-13-7-4-8-14-31)39(48)28-43-27-32-19-21-47(22-20-32)42(51)54-29-33-15-9-5-10-16-33/h4-18,24-26,30,32,38-39,43,46,48H,3,19-23,27-29H2,1-2H3,(H,44,49)(H,45,50). The maximum absolute atomic E-state index is 13.9. The molecule has 13 heteroatoms. The summed E-state index contributed by atoms with van der Waals surface area (Å²) in [4.78, 5) is 41.7. The van der Waals surface area contributed by atoms with Crippen LogP contribution in [-0.4, -0.2) is 80.4 Å². The number of nitrogens with one attached hydrogen (secondary N) is 4. The molecule has 3 amide bonds. The summed E-state index contributed by atoms with van der Waals surface area (Å²) >= 11 is 0. The third-order valence-electron chi connectivity index (χ3n) is 9.70. The summed E-state index contributed by atoms with van der Waals surface area (Å²) in [6.07, 6.45) is 0.572. The molecule has 0 aromatic heterocycles. The molecule has 1 aliphatic heterocycles. The predicted octanol–water partition coefficient (Wildman–Crippen LogP) is 5.28. The molecule has 0 saturated carbocycles. The van der Waals surface area contributed by atoms with Crippen LogP contribution in [0.3, 0.4) is 0 Å². The van der Waals surface area contributed by atoms with Crippen LogP contribution in [0.4, 0.5) is 10.5 Å². The molecule has 12 nitrogen and oxygen atoms in total. The maximum Gasteiger partial charge on any atom is 0.410 e. The van der Waals surface area contributed by atoms with Crippen molar-refractivity contribution in [3.63, 3.8) is 0 Å². The van der Waals surface area contributed by atoms with Gasteiger partial charge in [0.15, 0.2) is 0 Å². The van der Waals surface area contributed by atoms with Gasteiger partial charge in [0.1, 0.15) is 6.61 Å². The lowest BCUT2D eigenvalue weighted by Crippen LogP contribution is -2.49. The number of piperidine rings is 1. The minimum absolute atomic E-state index is 0.0566. The number of carbonyl (C=O) groups excluding carboxylic acids is 3. The SMILES string of the molecule is CCS(=O)(=O)Nc1cc(C(=O)NC(C)c2ccccc2)cc(C(=O)NC(Cc2ccccc2)C(O)CNCC2CCN(C(=O)OCc3ccccc3)CC2)c1. The summed E-state index contributed by atoms with van der Waals surface area (Å²) in [5.41, 5.74) is 2.95. The van der Waals surface area contributed by atoms with Gasteiger partial charge in [0, 0.05) is 30.8 Å². The molecule has 1 saturated heterocycles. The van der Waals surface area contributed by atoms with Crippen molar-refractivity contribution >= 4 is 33.6 Å². The van der Waals surface area contributed by atoms with Gasteiger partial charge in [-0.2, -0.15) is 0 Å². The van der Waals surface area contributed by atoms with Crippen LogP contribution in [0.15, 0.2) is 109 Å². The average Bonchev–Trinajstić information content (AvgIpc) is 3.20. The zero-order chi connectivity index (χ0) is 39.2. The van der Waals surface area contributed by atoms with Gasteiger partial charge in [0.05, 0.1) is 29.6 Å². The molecule has 0 radical (unpaired) electrons. The van der Waals surface area contributed by atoms with E-state index in [0.717, 1.165) is 29.5 Å². The second-order valence-corrected chi connectivity index (χ2v) is 15.9. The van der Waals surface area contributed by atoms with Gasteiger partial charge in [-0.3, -0.25) is 14.3 Å². The Kier molecular flexibility index (Phi) is 14.8. The second kappa shape index (κ2) is 19.9. The van der Waals surface area contributed by atoms with Crippen molar-refractivity contribution in [3.8, 4) is 0 Å². The quantitative estimate of drug-likeness (QED) is 0.0968. The van der Waals surface area contributed by atoms with Gasteiger partial charge in [0.2, 0.25) is 10.0 Å². The van der Waals surface area contributed by atoms with Gasteiger partial charge >= 0.3 is 6.09 Å². The molecule has 55 heavy (non-hydrogen) atoms. The smallest absolute Gasteiger partial charge is 0.410 e. The summed E-state index contributed by atoms with van der Waals surface area (Å²) < 4.78 is 33.0. The number of rotatable bonds is 17. The van der Waals surface area contributed by atoms with E-state index in [1.165, 1.54) is 25.1 Å². The van der Waals surface area contributed by atoms with Crippen molar-refractivity contribution < 1.29 is 32.6 Å². The predicted molar refractivity (Wildman–Crippen MR) is 213 cm³/mol. The second-order valence-electron chi connectivity index (χ2n) is 13.9. The van der Waals surface area contributed by atoms with Crippen molar-refractivity contribution in [1.29, 1.82) is 0 Å². The molecule has 5 rings (SSSR count). The van der Waals surface area contributed by atoms with Gasteiger partial charge in [-0.25, -0.2) is 13.2 Å². The first kappa shape index (κ1) is 40.9. The highest BCUT2D eigenvalue weighted by molar-refractivity contribution is 7.92. The van der Waals surface area contributed by atoms with E-state index in [2.05, 4.69) is 20.7 Å². The molecule has 0 spiro atoms. The number of carbonyl (C=O) groups is 3. The van der Waals surface area contributed by atoms with E-state index >= 15 is 0 Å². The Morgan fingerprint density at radius 2 is 1.38 bits per heavy atom. The maximum atomic E-state index is 13.9. The zero-order valence-electron chi connectivity index (χ0n) is 31.3. The van der Waals surface area contributed by atoms with Crippen LogP contribution in [-0.2, 0) is 27.8 Å². The normalized spacial score (nSPS) is 15.0. The summed E-state index contributed by atoms with van der Waals surface area (Å²) in [5, 5.41) is 20.7. The van der Waals surface area contributed by atoms with Crippen molar-refractivity contribution in [2.24, 2.45) is 5.92 Å². The number of ether oxygens (including phenoxy) is 1. The molecule has 3 atom stereocenters. The molecule has 4 aromatic carbocycles. The van der Waals surface area contributed by atoms with Gasteiger partial charge in [-0.05, 0) is 80.5 Å². The topological polar surface area (TPSA) is 166 Å². The van der Waals surface area contributed by atoms with E-state index in [9.17, 15) is 27.9 Å². The number of amides is 3. The van der Waals surface area contributed by atoms with Crippen molar-refractivity contribution in [1.82, 2.24) is 20.9 Å². The number of anilines is 1. The van der Waals surface area contributed by atoms with Crippen LogP contribution in [0, 0.1) is 5.92 Å². The molecule has 1 aliphatic rings. The van der Waals surface area contributed by atoms with E-state index in [0.29, 0.717) is 26.1 Å². The summed E-state index contributed by atoms with van der Waals surface area (Å²) in [6.45, 7) is 5.52. The molecule has 5 N–H and O–H groups in total. The van der Waals surface area contributed by atoms with Gasteiger partial charge in [0.25, 0.3) is 11.8 Å². The molecule has 0 bridgehead atoms. The molecule has 292 valence electrons. The first-order valence-electron chi connectivity index (χ1n) is 18.7. The summed E-state index contributed by atoms with van der Waals surface area (Å²) in [6, 6.07) is 31.5. The third kappa shape index (κ3) is 12.7. The Morgan fingerprint density at radius 3 is 1.98 bits per heavy atom. The fraction of sp³-hybridized carbons (Fsp3) is 0.357. The highest BCUT2D eigenvalue weighted by atomic mass is 32.2. The van der Waals surface area contributed by atoms with Crippen LogP contribution < -0.4 is 20.7 Å².